The van der Waals surface area contributed by atoms with Gasteiger partial charge in [0.2, 0.25) is 0 Å². The van der Waals surface area contributed by atoms with E-state index in [0.717, 1.165) is 6.07 Å². The Labute approximate surface area is 73.9 Å². The highest BCUT2D eigenvalue weighted by Crippen LogP contribution is 2.27. The third-order valence-corrected chi connectivity index (χ3v) is 1.74. The molecule has 1 aromatic rings. The van der Waals surface area contributed by atoms with Crippen molar-refractivity contribution in [2.24, 2.45) is 0 Å². The first-order valence-corrected chi connectivity index (χ1v) is 3.55. The molecular formula is C8H6ClFO2. The van der Waals surface area contributed by atoms with Crippen molar-refractivity contribution in [1.82, 2.24) is 0 Å². The molecule has 0 N–H and O–H groups in total. The van der Waals surface area contributed by atoms with Gasteiger partial charge in [0.25, 0.3) is 0 Å². The first kappa shape index (κ1) is 9.00. The van der Waals surface area contributed by atoms with Crippen LogP contribution >= 0.6 is 11.6 Å². The molecule has 0 saturated heterocycles. The molecule has 4 heteroatoms. The van der Waals surface area contributed by atoms with Crippen LogP contribution in [0.1, 0.15) is 10.4 Å². The summed E-state index contributed by atoms with van der Waals surface area (Å²) in [6.07, 6.45) is 0.530. The molecular weight excluding hydrogens is 183 g/mol. The van der Waals surface area contributed by atoms with Crippen molar-refractivity contribution in [2.45, 2.75) is 0 Å². The van der Waals surface area contributed by atoms with Gasteiger partial charge in [-0.05, 0) is 12.1 Å². The molecule has 0 aliphatic rings. The van der Waals surface area contributed by atoms with Crippen molar-refractivity contribution < 1.29 is 13.9 Å². The van der Waals surface area contributed by atoms with Crippen LogP contribution in [0.15, 0.2) is 12.1 Å². The third-order valence-electron chi connectivity index (χ3n) is 1.37. The molecule has 0 bridgehead atoms. The minimum Gasteiger partial charge on any atom is -0.495 e. The highest BCUT2D eigenvalue weighted by Gasteiger charge is 2.08. The van der Waals surface area contributed by atoms with Crippen LogP contribution in [0.3, 0.4) is 0 Å². The van der Waals surface area contributed by atoms with Crippen molar-refractivity contribution in [3.8, 4) is 5.75 Å². The Balaban J connectivity index is 3.28. The van der Waals surface area contributed by atoms with E-state index in [9.17, 15) is 9.18 Å². The van der Waals surface area contributed by atoms with E-state index in [1.165, 1.54) is 13.2 Å². The Morgan fingerprint density at radius 3 is 2.75 bits per heavy atom. The number of carbonyl (C=O) groups excluding carboxylic acids is 1. The molecule has 12 heavy (non-hydrogen) atoms. The van der Waals surface area contributed by atoms with Gasteiger partial charge in [-0.2, -0.15) is 0 Å². The second-order valence-electron chi connectivity index (χ2n) is 2.14. The van der Waals surface area contributed by atoms with E-state index in [0.29, 0.717) is 6.29 Å². The summed E-state index contributed by atoms with van der Waals surface area (Å²) in [5.74, 6) is -0.489. The van der Waals surface area contributed by atoms with E-state index in [2.05, 4.69) is 0 Å². The number of ether oxygens (including phenoxy) is 1. The largest absolute Gasteiger partial charge is 0.495 e. The van der Waals surface area contributed by atoms with E-state index < -0.39 is 5.82 Å². The summed E-state index contributed by atoms with van der Waals surface area (Å²) in [6, 6.07) is 2.43. The van der Waals surface area contributed by atoms with Crippen LogP contribution in [0, 0.1) is 5.82 Å². The van der Waals surface area contributed by atoms with Crippen LogP contribution in [0.4, 0.5) is 4.39 Å². The molecule has 0 spiro atoms. The highest BCUT2D eigenvalue weighted by molar-refractivity contribution is 6.32. The lowest BCUT2D eigenvalue weighted by Gasteiger charge is -2.03. The van der Waals surface area contributed by atoms with Gasteiger partial charge in [0.05, 0.1) is 7.11 Å². The molecule has 0 aliphatic carbocycles. The fraction of sp³-hybridized carbons (Fsp3) is 0.125. The van der Waals surface area contributed by atoms with Crippen molar-refractivity contribution in [1.29, 1.82) is 0 Å². The number of benzene rings is 1. The van der Waals surface area contributed by atoms with Crippen LogP contribution in [-0.4, -0.2) is 13.4 Å². The molecule has 0 saturated carbocycles. The summed E-state index contributed by atoms with van der Waals surface area (Å²) < 4.78 is 17.6. The van der Waals surface area contributed by atoms with Gasteiger partial charge in [-0.1, -0.05) is 11.6 Å². The Hall–Kier alpha value is -1.09. The molecule has 2 nitrogen and oxygen atoms in total. The quantitative estimate of drug-likeness (QED) is 0.666. The minimum absolute atomic E-state index is 0.108. The van der Waals surface area contributed by atoms with E-state index >= 15 is 0 Å². The molecule has 0 aromatic heterocycles. The van der Waals surface area contributed by atoms with E-state index in [1.54, 1.807) is 0 Å². The number of aldehydes is 1. The number of hydrogen-bond acceptors (Lipinski definition) is 2. The highest BCUT2D eigenvalue weighted by atomic mass is 35.5. The minimum atomic E-state index is -0.655. The van der Waals surface area contributed by atoms with Crippen molar-refractivity contribution in [3.63, 3.8) is 0 Å². The van der Waals surface area contributed by atoms with Crippen LogP contribution in [0.5, 0.6) is 5.75 Å². The molecule has 0 unspecified atom stereocenters. The maximum Gasteiger partial charge on any atom is 0.150 e. The molecule has 0 atom stereocenters. The van der Waals surface area contributed by atoms with E-state index in [1.807, 2.05) is 0 Å². The number of methoxy groups -OCH3 is 1. The summed E-state index contributed by atoms with van der Waals surface area (Å²) >= 11 is 5.51. The molecule has 0 fully saturated rings. The molecule has 1 aromatic carbocycles. The van der Waals surface area contributed by atoms with Gasteiger partial charge in [-0.15, -0.1) is 0 Å². The van der Waals surface area contributed by atoms with Crippen molar-refractivity contribution in [3.05, 3.63) is 28.5 Å². The van der Waals surface area contributed by atoms with E-state index in [4.69, 9.17) is 16.3 Å². The maximum absolute atomic E-state index is 12.8. The van der Waals surface area contributed by atoms with Gasteiger partial charge in [0.1, 0.15) is 22.9 Å². The molecule has 0 radical (unpaired) electrons. The van der Waals surface area contributed by atoms with Gasteiger partial charge in [0, 0.05) is 5.56 Å². The molecule has 1 rings (SSSR count). The standard InChI is InChI=1S/C8H6ClFO2/c1-12-7-3-5(4-11)2-6(10)8(7)9/h2-4H,1H3. The lowest BCUT2D eigenvalue weighted by molar-refractivity contribution is 0.112. The van der Waals surface area contributed by atoms with Crippen LogP contribution < -0.4 is 4.74 Å². The third kappa shape index (κ3) is 1.56. The maximum atomic E-state index is 12.8. The second kappa shape index (κ2) is 3.54. The summed E-state index contributed by atoms with van der Waals surface area (Å²) in [6.45, 7) is 0. The van der Waals surface area contributed by atoms with Crippen molar-refractivity contribution in [2.75, 3.05) is 7.11 Å². The van der Waals surface area contributed by atoms with Gasteiger partial charge >= 0.3 is 0 Å². The van der Waals surface area contributed by atoms with Gasteiger partial charge in [-0.3, -0.25) is 4.79 Å². The molecule has 0 amide bonds. The molecule has 0 aliphatic heterocycles. The first-order valence-electron chi connectivity index (χ1n) is 3.17. The van der Waals surface area contributed by atoms with Gasteiger partial charge in [-0.25, -0.2) is 4.39 Å². The van der Waals surface area contributed by atoms with Crippen LogP contribution in [-0.2, 0) is 0 Å². The number of halogens is 2. The van der Waals surface area contributed by atoms with Crippen molar-refractivity contribution >= 4 is 17.9 Å². The zero-order valence-corrected chi connectivity index (χ0v) is 7.06. The Kier molecular flexibility index (Phi) is 2.65. The van der Waals surface area contributed by atoms with Gasteiger partial charge in [0.15, 0.2) is 0 Å². The van der Waals surface area contributed by atoms with Gasteiger partial charge < -0.3 is 4.74 Å². The smallest absolute Gasteiger partial charge is 0.150 e. The fourth-order valence-electron chi connectivity index (χ4n) is 0.800. The average Bonchev–Trinajstić information content (AvgIpc) is 2.09. The SMILES string of the molecule is COc1cc(C=O)cc(F)c1Cl. The normalized spacial score (nSPS) is 9.58. The predicted octanol–water partition coefficient (Wildman–Crippen LogP) is 2.30. The zero-order chi connectivity index (χ0) is 9.14. The predicted molar refractivity (Wildman–Crippen MR) is 43.3 cm³/mol. The molecule has 0 heterocycles. The monoisotopic (exact) mass is 188 g/mol. The van der Waals surface area contributed by atoms with E-state index in [-0.39, 0.29) is 16.3 Å². The van der Waals surface area contributed by atoms with Crippen LogP contribution in [0.2, 0.25) is 5.02 Å². The summed E-state index contributed by atoms with van der Waals surface area (Å²) in [5.41, 5.74) is 0.203. The second-order valence-corrected chi connectivity index (χ2v) is 2.51. The number of rotatable bonds is 2. The summed E-state index contributed by atoms with van der Waals surface area (Å²) in [5, 5.41) is -0.108. The van der Waals surface area contributed by atoms with Crippen LogP contribution in [0.25, 0.3) is 0 Å². The number of hydrogen-bond donors (Lipinski definition) is 0. The lowest BCUT2D eigenvalue weighted by atomic mass is 10.2. The summed E-state index contributed by atoms with van der Waals surface area (Å²) in [4.78, 5) is 10.3. The lowest BCUT2D eigenvalue weighted by Crippen LogP contribution is -1.90. The average molecular weight is 189 g/mol. The fourth-order valence-corrected chi connectivity index (χ4v) is 0.987. The Morgan fingerprint density at radius 2 is 2.25 bits per heavy atom. The topological polar surface area (TPSA) is 26.3 Å². The zero-order valence-electron chi connectivity index (χ0n) is 6.30. The first-order chi connectivity index (χ1) is 5.69. The number of carbonyl (C=O) groups is 1. The summed E-state index contributed by atoms with van der Waals surface area (Å²) in [7, 11) is 1.36. The Bertz CT molecular complexity index is 312. The Morgan fingerprint density at radius 1 is 1.58 bits per heavy atom. The molecule has 64 valence electrons.